The van der Waals surface area contributed by atoms with Crippen molar-refractivity contribution in [1.29, 1.82) is 0 Å². The van der Waals surface area contributed by atoms with Gasteiger partial charge in [-0.05, 0) is 44.2 Å². The fourth-order valence-electron chi connectivity index (χ4n) is 4.00. The zero-order chi connectivity index (χ0) is 17.4. The average molecular weight is 358 g/mol. The predicted molar refractivity (Wildman–Crippen MR) is 89.0 cm³/mol. The number of hydrogen-bond acceptors (Lipinski definition) is 3. The first-order valence-electron chi connectivity index (χ1n) is 8.48. The molecule has 134 valence electrons. The zero-order valence-corrected chi connectivity index (χ0v) is 14.8. The van der Waals surface area contributed by atoms with Gasteiger partial charge in [0.25, 0.3) is 0 Å². The highest BCUT2D eigenvalue weighted by atomic mass is 32.2. The lowest BCUT2D eigenvalue weighted by molar-refractivity contribution is 0.0924. The third-order valence-corrected chi connectivity index (χ3v) is 7.16. The molecule has 24 heavy (non-hydrogen) atoms. The van der Waals surface area contributed by atoms with E-state index < -0.39 is 21.7 Å². The lowest BCUT2D eigenvalue weighted by Gasteiger charge is -2.40. The Kier molecular flexibility index (Phi) is 4.95. The van der Waals surface area contributed by atoms with Crippen LogP contribution in [0.15, 0.2) is 18.2 Å². The van der Waals surface area contributed by atoms with Gasteiger partial charge in [-0.3, -0.25) is 4.90 Å². The molecule has 1 atom stereocenters. The van der Waals surface area contributed by atoms with E-state index in [4.69, 9.17) is 0 Å². The second-order valence-corrected chi connectivity index (χ2v) is 9.27. The third kappa shape index (κ3) is 3.48. The summed E-state index contributed by atoms with van der Waals surface area (Å²) in [5, 5.41) is 0. The van der Waals surface area contributed by atoms with Gasteiger partial charge in [0, 0.05) is 31.7 Å². The van der Waals surface area contributed by atoms with E-state index in [-0.39, 0.29) is 11.2 Å². The van der Waals surface area contributed by atoms with Crippen LogP contribution in [-0.4, -0.2) is 49.6 Å². The number of benzene rings is 1. The van der Waals surface area contributed by atoms with Crippen LogP contribution in [0.4, 0.5) is 8.78 Å². The molecule has 2 aliphatic rings. The molecular formula is C17H24F2N2O2S. The van der Waals surface area contributed by atoms with Crippen LogP contribution in [0.25, 0.3) is 0 Å². The van der Waals surface area contributed by atoms with Crippen LogP contribution in [0.1, 0.15) is 31.7 Å². The number of hydrogen-bond donors (Lipinski definition) is 0. The van der Waals surface area contributed by atoms with E-state index in [1.807, 2.05) is 0 Å². The maximum Gasteiger partial charge on any atom is 0.213 e. The van der Waals surface area contributed by atoms with Gasteiger partial charge in [-0.2, -0.15) is 0 Å². The lowest BCUT2D eigenvalue weighted by Crippen LogP contribution is -2.45. The normalized spacial score (nSPS) is 26.3. The summed E-state index contributed by atoms with van der Waals surface area (Å²) < 4.78 is 53.1. The van der Waals surface area contributed by atoms with Gasteiger partial charge in [-0.1, -0.05) is 12.1 Å². The zero-order valence-electron chi connectivity index (χ0n) is 14.0. The van der Waals surface area contributed by atoms with E-state index in [9.17, 15) is 17.2 Å². The van der Waals surface area contributed by atoms with E-state index >= 15 is 0 Å². The number of likely N-dealkylation sites (tertiary alicyclic amines) is 1. The second-order valence-electron chi connectivity index (χ2n) is 7.01. The Labute approximate surface area is 142 Å². The van der Waals surface area contributed by atoms with Crippen LogP contribution in [0, 0.1) is 17.0 Å². The molecule has 2 aliphatic heterocycles. The number of nitrogens with zero attached hydrogens (tertiary/aromatic N) is 2. The van der Waals surface area contributed by atoms with E-state index in [1.165, 1.54) is 6.07 Å². The van der Waals surface area contributed by atoms with Gasteiger partial charge in [0.2, 0.25) is 10.0 Å². The number of piperidine rings is 1. The molecule has 7 heteroatoms. The minimum atomic E-state index is -3.16. The molecule has 0 aromatic heterocycles. The lowest BCUT2D eigenvalue weighted by atomic mass is 9.79. The second kappa shape index (κ2) is 6.69. The molecule has 0 unspecified atom stereocenters. The quantitative estimate of drug-likeness (QED) is 0.831. The number of sulfonamides is 1. The standard InChI is InChI=1S/C17H24F2N2O2S/c1-2-24(22,23)21-10-8-17(13-21)7-4-9-20(12-17)11-14-5-3-6-15(18)16(14)19/h3,5-6H,2,4,7-13H2,1H3/t17-/m0/s1. The summed E-state index contributed by atoms with van der Waals surface area (Å²) in [6.45, 7) is 4.71. The first-order valence-corrected chi connectivity index (χ1v) is 10.1. The molecule has 2 heterocycles. The molecule has 0 saturated carbocycles. The van der Waals surface area contributed by atoms with Crippen molar-refractivity contribution in [3.63, 3.8) is 0 Å². The van der Waals surface area contributed by atoms with Crippen LogP contribution in [0.5, 0.6) is 0 Å². The molecule has 2 saturated heterocycles. The molecule has 0 N–H and O–H groups in total. The van der Waals surface area contributed by atoms with E-state index in [0.717, 1.165) is 38.4 Å². The fourth-order valence-corrected chi connectivity index (χ4v) is 5.21. The summed E-state index contributed by atoms with van der Waals surface area (Å²) in [5.41, 5.74) is 0.313. The molecule has 2 fully saturated rings. The molecule has 0 amide bonds. The van der Waals surface area contributed by atoms with Gasteiger partial charge in [0.05, 0.1) is 5.75 Å². The molecule has 0 bridgehead atoms. The monoisotopic (exact) mass is 358 g/mol. The van der Waals surface area contributed by atoms with Gasteiger partial charge in [0.15, 0.2) is 11.6 Å². The van der Waals surface area contributed by atoms with Gasteiger partial charge in [0.1, 0.15) is 0 Å². The van der Waals surface area contributed by atoms with Crippen molar-refractivity contribution in [3.8, 4) is 0 Å². The highest BCUT2D eigenvalue weighted by Gasteiger charge is 2.44. The van der Waals surface area contributed by atoms with Crippen molar-refractivity contribution in [2.75, 3.05) is 31.9 Å². The van der Waals surface area contributed by atoms with Crippen LogP contribution < -0.4 is 0 Å². The Morgan fingerprint density at radius 3 is 2.71 bits per heavy atom. The van der Waals surface area contributed by atoms with Crippen LogP contribution in [0.3, 0.4) is 0 Å². The van der Waals surface area contributed by atoms with Crippen molar-refractivity contribution in [3.05, 3.63) is 35.4 Å². The molecule has 0 aliphatic carbocycles. The topological polar surface area (TPSA) is 40.6 Å². The first-order chi connectivity index (χ1) is 11.4. The van der Waals surface area contributed by atoms with Gasteiger partial charge < -0.3 is 0 Å². The maximum atomic E-state index is 13.9. The Bertz CT molecular complexity index is 711. The van der Waals surface area contributed by atoms with Crippen LogP contribution in [0.2, 0.25) is 0 Å². The highest BCUT2D eigenvalue weighted by Crippen LogP contribution is 2.40. The van der Waals surface area contributed by atoms with Crippen molar-refractivity contribution in [2.45, 2.75) is 32.7 Å². The van der Waals surface area contributed by atoms with E-state index in [1.54, 1.807) is 17.3 Å². The summed E-state index contributed by atoms with van der Waals surface area (Å²) in [6, 6.07) is 4.27. The fraction of sp³-hybridized carbons (Fsp3) is 0.647. The predicted octanol–water partition coefficient (Wildman–Crippen LogP) is 2.60. The highest BCUT2D eigenvalue weighted by molar-refractivity contribution is 7.89. The summed E-state index contributed by atoms with van der Waals surface area (Å²) in [7, 11) is -3.16. The van der Waals surface area contributed by atoms with E-state index in [0.29, 0.717) is 25.2 Å². The van der Waals surface area contributed by atoms with Crippen LogP contribution >= 0.6 is 0 Å². The Balaban J connectivity index is 1.70. The number of rotatable bonds is 4. The van der Waals surface area contributed by atoms with E-state index in [2.05, 4.69) is 4.90 Å². The molecule has 1 aromatic rings. The number of halogens is 2. The molecule has 4 nitrogen and oxygen atoms in total. The summed E-state index contributed by atoms with van der Waals surface area (Å²) in [5.74, 6) is -1.47. The van der Waals surface area contributed by atoms with Crippen molar-refractivity contribution in [2.24, 2.45) is 5.41 Å². The largest absolute Gasteiger partial charge is 0.298 e. The molecule has 3 rings (SSSR count). The average Bonchev–Trinajstić information content (AvgIpc) is 2.96. The van der Waals surface area contributed by atoms with Gasteiger partial charge in [-0.25, -0.2) is 21.5 Å². The minimum absolute atomic E-state index is 0.0513. The molecule has 1 spiro atoms. The SMILES string of the molecule is CCS(=O)(=O)N1CC[C@]2(CCCN(Cc3cccc(F)c3F)C2)C1. The molecule has 1 aromatic carbocycles. The third-order valence-electron chi connectivity index (χ3n) is 5.33. The van der Waals surface area contributed by atoms with Crippen molar-refractivity contribution in [1.82, 2.24) is 9.21 Å². The summed E-state index contributed by atoms with van der Waals surface area (Å²) in [4.78, 5) is 2.13. The summed E-state index contributed by atoms with van der Waals surface area (Å²) in [6.07, 6.45) is 2.79. The van der Waals surface area contributed by atoms with Crippen molar-refractivity contribution < 1.29 is 17.2 Å². The van der Waals surface area contributed by atoms with Gasteiger partial charge in [-0.15, -0.1) is 0 Å². The van der Waals surface area contributed by atoms with Crippen LogP contribution in [-0.2, 0) is 16.6 Å². The Morgan fingerprint density at radius 1 is 1.17 bits per heavy atom. The smallest absolute Gasteiger partial charge is 0.213 e. The minimum Gasteiger partial charge on any atom is -0.298 e. The Hall–Kier alpha value is -1.05. The maximum absolute atomic E-state index is 13.9. The Morgan fingerprint density at radius 2 is 1.96 bits per heavy atom. The van der Waals surface area contributed by atoms with Crippen molar-refractivity contribution >= 4 is 10.0 Å². The molecular weight excluding hydrogens is 334 g/mol. The summed E-state index contributed by atoms with van der Waals surface area (Å²) >= 11 is 0. The molecule has 0 radical (unpaired) electrons. The van der Waals surface area contributed by atoms with Gasteiger partial charge >= 0.3 is 0 Å². The first kappa shape index (κ1) is 17.8.